The standard InChI is InChI=1S/C14H17BrF4N2/c15-11-2-1-10(9-12(11)16)13(3-4-14(17,18)19)21-7-5-20-6-8-21/h1-2,9,13,20H,3-8H2/t13-/m0/s1. The van der Waals surface area contributed by atoms with Gasteiger partial charge in [-0.25, -0.2) is 4.39 Å². The van der Waals surface area contributed by atoms with Gasteiger partial charge in [-0.15, -0.1) is 0 Å². The summed E-state index contributed by atoms with van der Waals surface area (Å²) in [6.07, 6.45) is -5.11. The molecule has 0 amide bonds. The number of rotatable bonds is 4. The lowest BCUT2D eigenvalue weighted by atomic mass is 9.99. The summed E-state index contributed by atoms with van der Waals surface area (Å²) in [6.45, 7) is 2.81. The summed E-state index contributed by atoms with van der Waals surface area (Å²) < 4.78 is 51.6. The van der Waals surface area contributed by atoms with Crippen molar-refractivity contribution in [1.82, 2.24) is 10.2 Å². The molecule has 21 heavy (non-hydrogen) atoms. The molecule has 0 radical (unpaired) electrons. The molecule has 0 spiro atoms. The van der Waals surface area contributed by atoms with Crippen molar-refractivity contribution in [3.8, 4) is 0 Å². The summed E-state index contributed by atoms with van der Waals surface area (Å²) in [5, 5.41) is 3.17. The molecule has 1 aromatic carbocycles. The fourth-order valence-corrected chi connectivity index (χ4v) is 2.82. The number of piperazine rings is 1. The molecule has 1 heterocycles. The van der Waals surface area contributed by atoms with E-state index in [1.165, 1.54) is 6.07 Å². The number of alkyl halides is 3. The predicted molar refractivity (Wildman–Crippen MR) is 76.6 cm³/mol. The monoisotopic (exact) mass is 368 g/mol. The van der Waals surface area contributed by atoms with Crippen molar-refractivity contribution < 1.29 is 17.6 Å². The first kappa shape index (κ1) is 16.7. The summed E-state index contributed by atoms with van der Waals surface area (Å²) in [5.41, 5.74) is 0.599. The van der Waals surface area contributed by atoms with Crippen LogP contribution in [0.4, 0.5) is 17.6 Å². The van der Waals surface area contributed by atoms with E-state index in [9.17, 15) is 17.6 Å². The molecule has 0 aromatic heterocycles. The molecular formula is C14H17BrF4N2. The number of halogens is 5. The van der Waals surface area contributed by atoms with Crippen molar-refractivity contribution >= 4 is 15.9 Å². The zero-order valence-corrected chi connectivity index (χ0v) is 13.0. The zero-order valence-electron chi connectivity index (χ0n) is 11.4. The lowest BCUT2D eigenvalue weighted by molar-refractivity contribution is -0.138. The SMILES string of the molecule is Fc1cc([C@H](CCC(F)(F)F)N2CCNCC2)ccc1Br. The van der Waals surface area contributed by atoms with Crippen LogP contribution in [-0.2, 0) is 0 Å². The van der Waals surface area contributed by atoms with Crippen LogP contribution in [0.15, 0.2) is 22.7 Å². The van der Waals surface area contributed by atoms with Crippen LogP contribution in [-0.4, -0.2) is 37.3 Å². The van der Waals surface area contributed by atoms with Crippen molar-refractivity contribution in [2.45, 2.75) is 25.1 Å². The summed E-state index contributed by atoms with van der Waals surface area (Å²) in [4.78, 5) is 1.99. The molecule has 1 aromatic rings. The number of hydrogen-bond acceptors (Lipinski definition) is 2. The molecule has 0 aliphatic carbocycles. The summed E-state index contributed by atoms with van der Waals surface area (Å²) in [6, 6.07) is 4.16. The number of nitrogens with zero attached hydrogens (tertiary/aromatic N) is 1. The van der Waals surface area contributed by atoms with Crippen molar-refractivity contribution in [2.24, 2.45) is 0 Å². The highest BCUT2D eigenvalue weighted by molar-refractivity contribution is 9.10. The van der Waals surface area contributed by atoms with Crippen LogP contribution in [0, 0.1) is 5.82 Å². The van der Waals surface area contributed by atoms with Crippen LogP contribution >= 0.6 is 15.9 Å². The van der Waals surface area contributed by atoms with Gasteiger partial charge in [0.05, 0.1) is 4.47 Å². The van der Waals surface area contributed by atoms with Crippen LogP contribution in [0.5, 0.6) is 0 Å². The van der Waals surface area contributed by atoms with E-state index < -0.39 is 24.5 Å². The Balaban J connectivity index is 2.18. The number of hydrogen-bond donors (Lipinski definition) is 1. The van der Waals surface area contributed by atoms with Crippen molar-refractivity contribution in [3.05, 3.63) is 34.1 Å². The second-order valence-electron chi connectivity index (χ2n) is 5.13. The van der Waals surface area contributed by atoms with Crippen molar-refractivity contribution in [2.75, 3.05) is 26.2 Å². The molecule has 0 saturated carbocycles. The second-order valence-corrected chi connectivity index (χ2v) is 5.98. The quantitative estimate of drug-likeness (QED) is 0.811. The van der Waals surface area contributed by atoms with Crippen molar-refractivity contribution in [1.29, 1.82) is 0 Å². The summed E-state index contributed by atoms with van der Waals surface area (Å²) >= 11 is 3.07. The topological polar surface area (TPSA) is 15.3 Å². The van der Waals surface area contributed by atoms with E-state index in [0.717, 1.165) is 13.1 Å². The van der Waals surface area contributed by atoms with E-state index in [-0.39, 0.29) is 6.42 Å². The maximum absolute atomic E-state index is 13.7. The lowest BCUT2D eigenvalue weighted by Crippen LogP contribution is -2.45. The van der Waals surface area contributed by atoms with Gasteiger partial charge in [0.1, 0.15) is 5.82 Å². The first-order valence-electron chi connectivity index (χ1n) is 6.83. The Morgan fingerprint density at radius 3 is 2.48 bits per heavy atom. The lowest BCUT2D eigenvalue weighted by Gasteiger charge is -2.35. The highest BCUT2D eigenvalue weighted by Gasteiger charge is 2.31. The molecule has 1 N–H and O–H groups in total. The largest absolute Gasteiger partial charge is 0.389 e. The highest BCUT2D eigenvalue weighted by Crippen LogP contribution is 2.33. The van der Waals surface area contributed by atoms with Crippen LogP contribution < -0.4 is 5.32 Å². The fraction of sp³-hybridized carbons (Fsp3) is 0.571. The molecule has 1 aliphatic heterocycles. The smallest absolute Gasteiger partial charge is 0.314 e. The van der Waals surface area contributed by atoms with Crippen LogP contribution in [0.2, 0.25) is 0 Å². The van der Waals surface area contributed by atoms with Gasteiger partial charge in [-0.1, -0.05) is 6.07 Å². The van der Waals surface area contributed by atoms with E-state index in [1.807, 2.05) is 4.90 Å². The molecule has 2 nitrogen and oxygen atoms in total. The predicted octanol–water partition coefficient (Wildman–Crippen LogP) is 3.88. The molecule has 0 unspecified atom stereocenters. The molecule has 1 saturated heterocycles. The Kier molecular flexibility index (Phi) is 5.62. The summed E-state index contributed by atoms with van der Waals surface area (Å²) in [5.74, 6) is -0.445. The third-order valence-corrected chi connectivity index (χ3v) is 4.27. The Bertz CT molecular complexity index is 473. The van der Waals surface area contributed by atoms with Crippen LogP contribution in [0.25, 0.3) is 0 Å². The van der Waals surface area contributed by atoms with E-state index in [4.69, 9.17) is 0 Å². The number of nitrogens with one attached hydrogen (secondary N) is 1. The first-order valence-corrected chi connectivity index (χ1v) is 7.62. The highest BCUT2D eigenvalue weighted by atomic mass is 79.9. The van der Waals surface area contributed by atoms with E-state index in [0.29, 0.717) is 23.1 Å². The Morgan fingerprint density at radius 1 is 1.24 bits per heavy atom. The maximum atomic E-state index is 13.7. The fourth-order valence-electron chi connectivity index (χ4n) is 2.57. The van der Waals surface area contributed by atoms with E-state index >= 15 is 0 Å². The van der Waals surface area contributed by atoms with Crippen LogP contribution in [0.1, 0.15) is 24.4 Å². The van der Waals surface area contributed by atoms with Crippen LogP contribution in [0.3, 0.4) is 0 Å². The van der Waals surface area contributed by atoms with Gasteiger partial charge in [0.25, 0.3) is 0 Å². The maximum Gasteiger partial charge on any atom is 0.389 e. The minimum absolute atomic E-state index is 0.0510. The molecule has 7 heteroatoms. The molecular weight excluding hydrogens is 352 g/mol. The first-order chi connectivity index (χ1) is 9.87. The van der Waals surface area contributed by atoms with E-state index in [2.05, 4.69) is 21.2 Å². The Labute approximate surface area is 129 Å². The Hall–Kier alpha value is -0.660. The minimum Gasteiger partial charge on any atom is -0.314 e. The van der Waals surface area contributed by atoms with Gasteiger partial charge in [0.15, 0.2) is 0 Å². The third kappa shape index (κ3) is 4.93. The van der Waals surface area contributed by atoms with Gasteiger partial charge in [0.2, 0.25) is 0 Å². The van der Waals surface area contributed by atoms with Gasteiger partial charge < -0.3 is 5.32 Å². The van der Waals surface area contributed by atoms with Crippen molar-refractivity contribution in [3.63, 3.8) is 0 Å². The van der Waals surface area contributed by atoms with E-state index in [1.54, 1.807) is 12.1 Å². The van der Waals surface area contributed by atoms with Gasteiger partial charge in [-0.2, -0.15) is 13.2 Å². The normalized spacial score (nSPS) is 18.7. The third-order valence-electron chi connectivity index (χ3n) is 3.62. The molecule has 1 atom stereocenters. The molecule has 0 bridgehead atoms. The molecule has 118 valence electrons. The molecule has 1 aliphatic rings. The number of benzene rings is 1. The minimum atomic E-state index is -4.19. The van der Waals surface area contributed by atoms with Gasteiger partial charge in [0, 0.05) is 38.6 Å². The molecule has 1 fully saturated rings. The summed E-state index contributed by atoms with van der Waals surface area (Å²) in [7, 11) is 0. The molecule has 2 rings (SSSR count). The zero-order chi connectivity index (χ0) is 15.5. The van der Waals surface area contributed by atoms with Gasteiger partial charge in [-0.3, -0.25) is 4.90 Å². The van der Waals surface area contributed by atoms with Gasteiger partial charge in [-0.05, 0) is 40.0 Å². The average Bonchev–Trinajstić information content (AvgIpc) is 2.43. The van der Waals surface area contributed by atoms with Gasteiger partial charge >= 0.3 is 6.18 Å². The average molecular weight is 369 g/mol. The Morgan fingerprint density at radius 2 is 1.90 bits per heavy atom. The second kappa shape index (κ2) is 7.07.